The lowest BCUT2D eigenvalue weighted by Crippen LogP contribution is -2.52. The standard InChI is InChI=1S/C30H39N5O6/c1-19(14-15-36)31-26(37)24(16-20-10-11-20)35-27(38)30(2,3)34(29(35)40)18-21-12-13-23(25(17-21)41-4)33-28(39)32-22-8-6-5-7-9-22/h5-9,12-13,17,19-20,24,36H,10-11,14-16,18H2,1-4H3,(H,31,37)(H2,32,33,39). The van der Waals surface area contributed by atoms with Gasteiger partial charge in [-0.25, -0.2) is 14.5 Å². The van der Waals surface area contributed by atoms with Crippen LogP contribution < -0.4 is 20.7 Å². The van der Waals surface area contributed by atoms with Crippen molar-refractivity contribution >= 4 is 35.3 Å². The lowest BCUT2D eigenvalue weighted by atomic mass is 10.0. The van der Waals surface area contributed by atoms with E-state index >= 15 is 0 Å². The van der Waals surface area contributed by atoms with Gasteiger partial charge in [-0.05, 0) is 69.4 Å². The number of amides is 6. The Kier molecular flexibility index (Phi) is 9.17. The van der Waals surface area contributed by atoms with Crippen LogP contribution in [0.5, 0.6) is 5.75 Å². The zero-order chi connectivity index (χ0) is 29.7. The van der Waals surface area contributed by atoms with Crippen LogP contribution in [0.4, 0.5) is 21.0 Å². The first kappa shape index (κ1) is 29.9. The number of aliphatic hydroxyl groups is 1. The van der Waals surface area contributed by atoms with Crippen molar-refractivity contribution in [2.24, 2.45) is 5.92 Å². The second-order valence-corrected chi connectivity index (χ2v) is 11.2. The van der Waals surface area contributed by atoms with Gasteiger partial charge in [-0.15, -0.1) is 0 Å². The van der Waals surface area contributed by atoms with Crippen LogP contribution in [-0.2, 0) is 16.1 Å². The molecule has 1 saturated heterocycles. The fraction of sp³-hybridized carbons (Fsp3) is 0.467. The maximum atomic E-state index is 13.8. The highest BCUT2D eigenvalue weighted by Gasteiger charge is 2.55. The number of carbonyl (C=O) groups is 4. The van der Waals surface area contributed by atoms with Gasteiger partial charge in [0, 0.05) is 24.9 Å². The molecule has 0 bridgehead atoms. The molecule has 1 aliphatic carbocycles. The number of hydrogen-bond donors (Lipinski definition) is 4. The minimum absolute atomic E-state index is 0.0768. The first-order valence-electron chi connectivity index (χ1n) is 13.9. The molecule has 2 atom stereocenters. The van der Waals surface area contributed by atoms with Gasteiger partial charge in [0.1, 0.15) is 17.3 Å². The number of methoxy groups -OCH3 is 1. The Morgan fingerprint density at radius 2 is 1.80 bits per heavy atom. The summed E-state index contributed by atoms with van der Waals surface area (Å²) in [5.74, 6) is -0.133. The van der Waals surface area contributed by atoms with Gasteiger partial charge in [-0.3, -0.25) is 9.59 Å². The van der Waals surface area contributed by atoms with Crippen LogP contribution in [0.15, 0.2) is 48.5 Å². The summed E-state index contributed by atoms with van der Waals surface area (Å²) < 4.78 is 5.51. The Hall–Kier alpha value is -4.12. The summed E-state index contributed by atoms with van der Waals surface area (Å²) in [4.78, 5) is 55.7. The highest BCUT2D eigenvalue weighted by Crippen LogP contribution is 2.38. The summed E-state index contributed by atoms with van der Waals surface area (Å²) in [6.07, 6.45) is 2.71. The second-order valence-electron chi connectivity index (χ2n) is 11.2. The first-order chi connectivity index (χ1) is 19.5. The van der Waals surface area contributed by atoms with Crippen molar-refractivity contribution in [1.82, 2.24) is 15.1 Å². The zero-order valence-electron chi connectivity index (χ0n) is 24.0. The molecule has 6 amide bonds. The van der Waals surface area contributed by atoms with Crippen LogP contribution in [0, 0.1) is 5.92 Å². The van der Waals surface area contributed by atoms with Crippen molar-refractivity contribution in [3.8, 4) is 5.75 Å². The average Bonchev–Trinajstić information content (AvgIpc) is 3.74. The summed E-state index contributed by atoms with van der Waals surface area (Å²) in [7, 11) is 1.48. The molecule has 220 valence electrons. The van der Waals surface area contributed by atoms with Crippen LogP contribution >= 0.6 is 0 Å². The first-order valence-corrected chi connectivity index (χ1v) is 13.9. The lowest BCUT2D eigenvalue weighted by Gasteiger charge is -2.28. The van der Waals surface area contributed by atoms with Crippen LogP contribution in [-0.4, -0.2) is 70.1 Å². The molecule has 0 aromatic heterocycles. The van der Waals surface area contributed by atoms with Crippen molar-refractivity contribution in [3.05, 3.63) is 54.1 Å². The number of nitrogens with one attached hydrogen (secondary N) is 3. The zero-order valence-corrected chi connectivity index (χ0v) is 24.0. The number of imide groups is 1. The Morgan fingerprint density at radius 3 is 2.44 bits per heavy atom. The van der Waals surface area contributed by atoms with E-state index in [1.807, 2.05) is 18.2 Å². The maximum absolute atomic E-state index is 13.8. The molecule has 1 aliphatic heterocycles. The fourth-order valence-electron chi connectivity index (χ4n) is 4.94. The quantitative estimate of drug-likeness (QED) is 0.288. The van der Waals surface area contributed by atoms with Gasteiger partial charge in [0.25, 0.3) is 5.91 Å². The van der Waals surface area contributed by atoms with Crippen molar-refractivity contribution in [2.45, 2.75) is 70.6 Å². The summed E-state index contributed by atoms with van der Waals surface area (Å²) in [6, 6.07) is 12.0. The smallest absolute Gasteiger partial charge is 0.328 e. The molecule has 1 heterocycles. The molecule has 1 saturated carbocycles. The van der Waals surface area contributed by atoms with E-state index in [-0.39, 0.29) is 25.1 Å². The molecule has 2 fully saturated rings. The third-order valence-corrected chi connectivity index (χ3v) is 7.56. The predicted molar refractivity (Wildman–Crippen MR) is 154 cm³/mol. The molecule has 2 aromatic rings. The molecule has 4 rings (SSSR count). The monoisotopic (exact) mass is 565 g/mol. The van der Waals surface area contributed by atoms with Gasteiger partial charge in [0.15, 0.2) is 0 Å². The molecule has 4 N–H and O–H groups in total. The number of rotatable bonds is 12. The maximum Gasteiger partial charge on any atom is 0.328 e. The minimum atomic E-state index is -1.18. The Labute approximate surface area is 240 Å². The molecular formula is C30H39N5O6. The number of aliphatic hydroxyl groups excluding tert-OH is 1. The van der Waals surface area contributed by atoms with E-state index in [4.69, 9.17) is 4.74 Å². The number of benzene rings is 2. The van der Waals surface area contributed by atoms with Gasteiger partial charge in [0.2, 0.25) is 5.91 Å². The van der Waals surface area contributed by atoms with E-state index in [2.05, 4.69) is 16.0 Å². The Bertz CT molecular complexity index is 1280. The molecule has 41 heavy (non-hydrogen) atoms. The highest BCUT2D eigenvalue weighted by atomic mass is 16.5. The Balaban J connectivity index is 1.51. The van der Waals surface area contributed by atoms with Crippen LogP contribution in [0.2, 0.25) is 0 Å². The summed E-state index contributed by atoms with van der Waals surface area (Å²) in [6.45, 7) is 5.15. The third kappa shape index (κ3) is 6.97. The highest BCUT2D eigenvalue weighted by molar-refractivity contribution is 6.09. The van der Waals surface area contributed by atoms with Crippen molar-refractivity contribution in [2.75, 3.05) is 24.4 Å². The number of urea groups is 2. The van der Waals surface area contributed by atoms with Crippen molar-refractivity contribution < 1.29 is 29.0 Å². The molecule has 0 radical (unpaired) electrons. The van der Waals surface area contributed by atoms with E-state index in [1.54, 1.807) is 51.1 Å². The van der Waals surface area contributed by atoms with Gasteiger partial charge in [-0.2, -0.15) is 0 Å². The van der Waals surface area contributed by atoms with E-state index in [0.29, 0.717) is 41.4 Å². The van der Waals surface area contributed by atoms with Crippen LogP contribution in [0.25, 0.3) is 0 Å². The molecule has 11 heteroatoms. The SMILES string of the molecule is COc1cc(CN2C(=O)N(C(CC3CC3)C(=O)NC(C)CCO)C(=O)C2(C)C)ccc1NC(=O)Nc1ccccc1. The van der Waals surface area contributed by atoms with E-state index < -0.39 is 29.6 Å². The van der Waals surface area contributed by atoms with Crippen molar-refractivity contribution in [3.63, 3.8) is 0 Å². The lowest BCUT2D eigenvalue weighted by molar-refractivity contribution is -0.139. The third-order valence-electron chi connectivity index (χ3n) is 7.56. The molecule has 2 aromatic carbocycles. The number of hydrogen-bond acceptors (Lipinski definition) is 6. The summed E-state index contributed by atoms with van der Waals surface area (Å²) >= 11 is 0. The molecule has 2 aliphatic rings. The average molecular weight is 566 g/mol. The molecular weight excluding hydrogens is 526 g/mol. The van der Waals surface area contributed by atoms with Crippen LogP contribution in [0.1, 0.15) is 52.0 Å². The van der Waals surface area contributed by atoms with E-state index in [1.165, 1.54) is 12.0 Å². The Morgan fingerprint density at radius 1 is 1.10 bits per heavy atom. The van der Waals surface area contributed by atoms with Crippen molar-refractivity contribution in [1.29, 1.82) is 0 Å². The molecule has 0 spiro atoms. The van der Waals surface area contributed by atoms with Crippen LogP contribution in [0.3, 0.4) is 0 Å². The second kappa shape index (κ2) is 12.6. The molecule has 11 nitrogen and oxygen atoms in total. The van der Waals surface area contributed by atoms with Gasteiger partial charge < -0.3 is 30.7 Å². The largest absolute Gasteiger partial charge is 0.495 e. The van der Waals surface area contributed by atoms with E-state index in [0.717, 1.165) is 17.7 Å². The number of ether oxygens (including phenoxy) is 1. The minimum Gasteiger partial charge on any atom is -0.495 e. The van der Waals surface area contributed by atoms with Gasteiger partial charge in [0.05, 0.1) is 12.8 Å². The normalized spacial score (nSPS) is 17.7. The molecule has 2 unspecified atom stereocenters. The van der Waals surface area contributed by atoms with Gasteiger partial charge >= 0.3 is 12.1 Å². The summed E-state index contributed by atoms with van der Waals surface area (Å²) in [5, 5.41) is 17.6. The number of anilines is 2. The number of carbonyl (C=O) groups excluding carboxylic acids is 4. The van der Waals surface area contributed by atoms with Gasteiger partial charge in [-0.1, -0.05) is 37.1 Å². The number of para-hydroxylation sites is 1. The topological polar surface area (TPSA) is 140 Å². The summed E-state index contributed by atoms with van der Waals surface area (Å²) in [5.41, 5.74) is 0.579. The fourth-order valence-corrected chi connectivity index (χ4v) is 4.94. The number of nitrogens with zero attached hydrogens (tertiary/aromatic N) is 2. The van der Waals surface area contributed by atoms with E-state index in [9.17, 15) is 24.3 Å². The predicted octanol–water partition coefficient (Wildman–Crippen LogP) is 3.94.